The molecule has 6 heteroatoms. The lowest BCUT2D eigenvalue weighted by molar-refractivity contribution is -0.387. The Morgan fingerprint density at radius 1 is 1.00 bits per heavy atom. The van der Waals surface area contributed by atoms with Crippen LogP contribution >= 0.6 is 0 Å². The number of ketones is 1. The summed E-state index contributed by atoms with van der Waals surface area (Å²) in [5.74, 6) is -0.456. The summed E-state index contributed by atoms with van der Waals surface area (Å²) in [4.78, 5) is 22.9. The highest BCUT2D eigenvalue weighted by molar-refractivity contribution is 5.98. The molecule has 118 valence electrons. The smallest absolute Gasteiger partial charge is 0.277 e. The van der Waals surface area contributed by atoms with E-state index in [2.05, 4.69) is 0 Å². The Labute approximate surface area is 132 Å². The number of nitro groups is 1. The Balaban J connectivity index is 1.70. The third-order valence-electron chi connectivity index (χ3n) is 3.71. The molecule has 6 nitrogen and oxygen atoms in total. The van der Waals surface area contributed by atoms with Gasteiger partial charge in [-0.25, -0.2) is 0 Å². The largest absolute Gasteiger partial charge is 0.347 e. The second-order valence-corrected chi connectivity index (χ2v) is 5.24. The summed E-state index contributed by atoms with van der Waals surface area (Å²) in [6.07, 6.45) is -0.823. The van der Waals surface area contributed by atoms with Crippen LogP contribution in [-0.2, 0) is 9.47 Å². The molecule has 0 aliphatic carbocycles. The molecule has 0 unspecified atom stereocenters. The first kappa shape index (κ1) is 15.3. The molecule has 0 N–H and O–H groups in total. The second kappa shape index (κ2) is 6.68. The summed E-state index contributed by atoms with van der Waals surface area (Å²) >= 11 is 0. The van der Waals surface area contributed by atoms with Crippen LogP contribution in [0.4, 0.5) is 5.69 Å². The van der Waals surface area contributed by atoms with Crippen LogP contribution in [0, 0.1) is 16.0 Å². The molecule has 1 fully saturated rings. The molecule has 2 aromatic carbocycles. The number of hydrogen-bond acceptors (Lipinski definition) is 5. The van der Waals surface area contributed by atoms with Crippen LogP contribution in [0.1, 0.15) is 22.2 Å². The van der Waals surface area contributed by atoms with Gasteiger partial charge in [0, 0.05) is 11.6 Å². The van der Waals surface area contributed by atoms with E-state index >= 15 is 0 Å². The number of para-hydroxylation sites is 1. The maximum atomic E-state index is 12.3. The van der Waals surface area contributed by atoms with Crippen molar-refractivity contribution in [2.24, 2.45) is 5.92 Å². The van der Waals surface area contributed by atoms with Crippen LogP contribution < -0.4 is 0 Å². The lowest BCUT2D eigenvalue weighted by Crippen LogP contribution is -2.33. The van der Waals surface area contributed by atoms with Crippen molar-refractivity contribution in [1.29, 1.82) is 0 Å². The second-order valence-electron chi connectivity index (χ2n) is 5.24. The molecule has 0 saturated carbocycles. The predicted octanol–water partition coefficient (Wildman–Crippen LogP) is 3.14. The monoisotopic (exact) mass is 313 g/mol. The summed E-state index contributed by atoms with van der Waals surface area (Å²) in [6.45, 7) is 0.342. The lowest BCUT2D eigenvalue weighted by atomic mass is 9.98. The van der Waals surface area contributed by atoms with E-state index in [1.807, 2.05) is 6.07 Å². The first-order chi connectivity index (χ1) is 11.2. The molecule has 3 rings (SSSR count). The van der Waals surface area contributed by atoms with E-state index in [-0.39, 0.29) is 24.7 Å². The van der Waals surface area contributed by atoms with Gasteiger partial charge < -0.3 is 9.47 Å². The van der Waals surface area contributed by atoms with Crippen molar-refractivity contribution in [2.45, 2.75) is 6.29 Å². The summed E-state index contributed by atoms with van der Waals surface area (Å²) in [6, 6.07) is 15.2. The van der Waals surface area contributed by atoms with E-state index in [1.165, 1.54) is 6.07 Å². The highest BCUT2D eigenvalue weighted by Gasteiger charge is 2.32. The van der Waals surface area contributed by atoms with Crippen molar-refractivity contribution in [2.75, 3.05) is 13.2 Å². The molecule has 0 aromatic heterocycles. The van der Waals surface area contributed by atoms with Gasteiger partial charge in [-0.15, -0.1) is 0 Å². The molecular formula is C17H15NO5. The van der Waals surface area contributed by atoms with Gasteiger partial charge in [-0.3, -0.25) is 14.9 Å². The van der Waals surface area contributed by atoms with Gasteiger partial charge in [-0.1, -0.05) is 42.5 Å². The van der Waals surface area contributed by atoms with Crippen molar-refractivity contribution in [3.8, 4) is 0 Å². The zero-order valence-electron chi connectivity index (χ0n) is 12.3. The van der Waals surface area contributed by atoms with E-state index in [0.717, 1.165) is 0 Å². The molecule has 1 aliphatic rings. The normalized spacial score (nSPS) is 20.9. The van der Waals surface area contributed by atoms with Crippen LogP contribution in [0.5, 0.6) is 0 Å². The third-order valence-corrected chi connectivity index (χ3v) is 3.71. The van der Waals surface area contributed by atoms with Gasteiger partial charge in [0.05, 0.1) is 29.6 Å². The fourth-order valence-corrected chi connectivity index (χ4v) is 2.53. The van der Waals surface area contributed by atoms with E-state index < -0.39 is 17.1 Å². The first-order valence-electron chi connectivity index (χ1n) is 7.22. The molecule has 0 bridgehead atoms. The van der Waals surface area contributed by atoms with E-state index in [4.69, 9.17) is 9.47 Å². The van der Waals surface area contributed by atoms with E-state index in [9.17, 15) is 14.9 Å². The van der Waals surface area contributed by atoms with Gasteiger partial charge in [-0.2, -0.15) is 0 Å². The maximum absolute atomic E-state index is 12.3. The minimum Gasteiger partial charge on any atom is -0.347 e. The van der Waals surface area contributed by atoms with Gasteiger partial charge in [0.15, 0.2) is 12.1 Å². The number of rotatable bonds is 4. The van der Waals surface area contributed by atoms with Gasteiger partial charge in [0.25, 0.3) is 5.69 Å². The number of hydrogen-bond donors (Lipinski definition) is 0. The van der Waals surface area contributed by atoms with Crippen LogP contribution in [0.25, 0.3) is 0 Å². The van der Waals surface area contributed by atoms with Crippen LogP contribution in [0.15, 0.2) is 54.6 Å². The van der Waals surface area contributed by atoms with E-state index in [0.29, 0.717) is 11.1 Å². The lowest BCUT2D eigenvalue weighted by Gasteiger charge is -2.28. The summed E-state index contributed by atoms with van der Waals surface area (Å²) in [5.41, 5.74) is 0.919. The highest BCUT2D eigenvalue weighted by Crippen LogP contribution is 2.32. The Hall–Kier alpha value is -2.57. The Morgan fingerprint density at radius 2 is 1.61 bits per heavy atom. The van der Waals surface area contributed by atoms with Crippen molar-refractivity contribution in [3.63, 3.8) is 0 Å². The number of carbonyl (C=O) groups excluding carboxylic acids is 1. The van der Waals surface area contributed by atoms with E-state index in [1.54, 1.807) is 42.5 Å². The zero-order chi connectivity index (χ0) is 16.2. The number of benzene rings is 2. The zero-order valence-corrected chi connectivity index (χ0v) is 12.3. The minimum absolute atomic E-state index is 0.0494. The Morgan fingerprint density at radius 3 is 2.26 bits per heavy atom. The molecule has 0 atom stereocenters. The predicted molar refractivity (Wildman–Crippen MR) is 82.0 cm³/mol. The minimum atomic E-state index is -0.823. The average molecular weight is 313 g/mol. The molecule has 1 heterocycles. The molecular weight excluding hydrogens is 298 g/mol. The van der Waals surface area contributed by atoms with Gasteiger partial charge in [-0.05, 0) is 6.07 Å². The summed E-state index contributed by atoms with van der Waals surface area (Å²) in [5, 5.41) is 11.1. The molecule has 0 radical (unpaired) electrons. The molecule has 2 aromatic rings. The van der Waals surface area contributed by atoms with Crippen molar-refractivity contribution in [3.05, 3.63) is 75.8 Å². The first-order valence-corrected chi connectivity index (χ1v) is 7.22. The Kier molecular flexibility index (Phi) is 4.45. The number of nitro benzene ring substituents is 1. The highest BCUT2D eigenvalue weighted by atomic mass is 16.7. The number of nitrogens with zero attached hydrogens (tertiary/aromatic N) is 1. The fraction of sp³-hybridized carbons (Fsp3) is 0.235. The maximum Gasteiger partial charge on any atom is 0.277 e. The topological polar surface area (TPSA) is 78.7 Å². The molecule has 0 amide bonds. The quantitative estimate of drug-likeness (QED) is 0.492. The molecule has 1 saturated heterocycles. The molecule has 1 aliphatic heterocycles. The SMILES string of the molecule is O=C(c1ccccc1)C1COC(c2ccccc2[N+](=O)[O-])OC1. The summed E-state index contributed by atoms with van der Waals surface area (Å²) in [7, 11) is 0. The van der Waals surface area contributed by atoms with Crippen LogP contribution in [0.2, 0.25) is 0 Å². The van der Waals surface area contributed by atoms with Crippen molar-refractivity contribution >= 4 is 11.5 Å². The summed E-state index contributed by atoms with van der Waals surface area (Å²) < 4.78 is 11.1. The third kappa shape index (κ3) is 3.28. The number of carbonyl (C=O) groups is 1. The number of ether oxygens (including phenoxy) is 2. The van der Waals surface area contributed by atoms with Gasteiger partial charge in [0.1, 0.15) is 0 Å². The molecule has 23 heavy (non-hydrogen) atoms. The van der Waals surface area contributed by atoms with Crippen molar-refractivity contribution in [1.82, 2.24) is 0 Å². The molecule has 0 spiro atoms. The van der Waals surface area contributed by atoms with Crippen molar-refractivity contribution < 1.29 is 19.2 Å². The van der Waals surface area contributed by atoms with Gasteiger partial charge >= 0.3 is 0 Å². The standard InChI is InChI=1S/C17H15NO5/c19-16(12-6-2-1-3-7-12)13-10-22-17(23-11-13)14-8-4-5-9-15(14)18(20)21/h1-9,13,17H,10-11H2. The van der Waals surface area contributed by atoms with Crippen LogP contribution in [0.3, 0.4) is 0 Å². The van der Waals surface area contributed by atoms with Crippen LogP contribution in [-0.4, -0.2) is 23.9 Å². The fourth-order valence-electron chi connectivity index (χ4n) is 2.53. The average Bonchev–Trinajstić information content (AvgIpc) is 2.62. The Bertz CT molecular complexity index is 708. The van der Waals surface area contributed by atoms with Gasteiger partial charge in [0.2, 0.25) is 0 Å². The number of Topliss-reactive ketones (excluding diaryl/α,β-unsaturated/α-hetero) is 1.